The van der Waals surface area contributed by atoms with Gasteiger partial charge in [-0.1, -0.05) is 179 Å². The van der Waals surface area contributed by atoms with Crippen LogP contribution in [0.15, 0.2) is 36.5 Å². The average molecular weight is 760 g/mol. The summed E-state index contributed by atoms with van der Waals surface area (Å²) in [5.41, 5.74) is 0. The van der Waals surface area contributed by atoms with Crippen LogP contribution >= 0.6 is 0 Å². The van der Waals surface area contributed by atoms with Gasteiger partial charge in [-0.3, -0.25) is 9.59 Å². The van der Waals surface area contributed by atoms with Gasteiger partial charge >= 0.3 is 5.97 Å². The third kappa shape index (κ3) is 39.8. The van der Waals surface area contributed by atoms with E-state index in [9.17, 15) is 19.8 Å². The van der Waals surface area contributed by atoms with Crippen LogP contribution in [0.4, 0.5) is 0 Å². The summed E-state index contributed by atoms with van der Waals surface area (Å²) in [6, 6.07) is -0.556. The highest BCUT2D eigenvalue weighted by Crippen LogP contribution is 2.15. The number of aliphatic hydroxyl groups excluding tert-OH is 2. The number of ether oxygens (including phenoxy) is 1. The second-order valence-electron chi connectivity index (χ2n) is 15.8. The fraction of sp³-hybridized carbons (Fsp3) is 0.833. The molecule has 0 bridgehead atoms. The highest BCUT2D eigenvalue weighted by atomic mass is 16.5. The molecular formula is C48H89NO5. The van der Waals surface area contributed by atoms with Crippen molar-refractivity contribution in [3.05, 3.63) is 36.5 Å². The van der Waals surface area contributed by atoms with Crippen LogP contribution in [0.3, 0.4) is 0 Å². The van der Waals surface area contributed by atoms with Crippen molar-refractivity contribution in [3.8, 4) is 0 Å². The van der Waals surface area contributed by atoms with Gasteiger partial charge in [-0.25, -0.2) is 0 Å². The summed E-state index contributed by atoms with van der Waals surface area (Å²) in [4.78, 5) is 24.3. The zero-order chi connectivity index (χ0) is 39.4. The third-order valence-corrected chi connectivity index (χ3v) is 10.4. The molecule has 54 heavy (non-hydrogen) atoms. The summed E-state index contributed by atoms with van der Waals surface area (Å²) in [6.07, 6.45) is 51.0. The number of carbonyl (C=O) groups is 2. The van der Waals surface area contributed by atoms with Crippen molar-refractivity contribution < 1.29 is 24.5 Å². The number of rotatable bonds is 42. The number of carbonyl (C=O) groups excluding carboxylic acids is 2. The Morgan fingerprint density at radius 2 is 0.944 bits per heavy atom. The molecule has 316 valence electrons. The highest BCUT2D eigenvalue weighted by molar-refractivity contribution is 5.76. The van der Waals surface area contributed by atoms with E-state index >= 15 is 0 Å². The first-order valence-electron chi connectivity index (χ1n) is 23.3. The van der Waals surface area contributed by atoms with E-state index < -0.39 is 12.1 Å². The van der Waals surface area contributed by atoms with E-state index in [0.29, 0.717) is 25.9 Å². The SMILES string of the molecule is CCCC/C=C\CCCCCCCC(=O)OCCCCC/C=C\C=C/CCCCCCCCC(=O)NC(CO)C(O)CCCCCCCCCCCCC. The van der Waals surface area contributed by atoms with E-state index in [1.807, 2.05) is 0 Å². The van der Waals surface area contributed by atoms with Gasteiger partial charge in [-0.05, 0) is 77.0 Å². The lowest BCUT2D eigenvalue weighted by molar-refractivity contribution is -0.143. The first-order valence-corrected chi connectivity index (χ1v) is 23.3. The van der Waals surface area contributed by atoms with E-state index in [2.05, 4.69) is 55.6 Å². The second-order valence-corrected chi connectivity index (χ2v) is 15.8. The van der Waals surface area contributed by atoms with Gasteiger partial charge in [0.1, 0.15) is 0 Å². The molecule has 0 rings (SSSR count). The van der Waals surface area contributed by atoms with Crippen LogP contribution in [0.1, 0.15) is 232 Å². The molecule has 0 saturated heterocycles. The second kappa shape index (κ2) is 43.8. The number of hydrogen-bond donors (Lipinski definition) is 3. The monoisotopic (exact) mass is 760 g/mol. The molecule has 0 aliphatic carbocycles. The first-order chi connectivity index (χ1) is 26.5. The van der Waals surface area contributed by atoms with Crippen molar-refractivity contribution in [2.75, 3.05) is 13.2 Å². The summed E-state index contributed by atoms with van der Waals surface area (Å²) in [6.45, 7) is 4.83. The fourth-order valence-electron chi connectivity index (χ4n) is 6.78. The molecule has 0 aromatic heterocycles. The quantitative estimate of drug-likeness (QED) is 0.0249. The molecular weight excluding hydrogens is 671 g/mol. The Morgan fingerprint density at radius 1 is 0.519 bits per heavy atom. The van der Waals surface area contributed by atoms with Crippen LogP contribution in [0.5, 0.6) is 0 Å². The fourth-order valence-corrected chi connectivity index (χ4v) is 6.78. The lowest BCUT2D eigenvalue weighted by Gasteiger charge is -2.22. The molecule has 2 unspecified atom stereocenters. The number of nitrogens with one attached hydrogen (secondary N) is 1. The van der Waals surface area contributed by atoms with E-state index in [1.54, 1.807) is 0 Å². The van der Waals surface area contributed by atoms with Crippen molar-refractivity contribution in [2.24, 2.45) is 0 Å². The Kier molecular flexibility index (Phi) is 42.2. The molecule has 0 aromatic carbocycles. The summed E-state index contributed by atoms with van der Waals surface area (Å²) in [5, 5.41) is 23.1. The van der Waals surface area contributed by atoms with Crippen LogP contribution in [0, 0.1) is 0 Å². The minimum atomic E-state index is -0.677. The van der Waals surface area contributed by atoms with Gasteiger partial charge in [0, 0.05) is 12.8 Å². The van der Waals surface area contributed by atoms with E-state index in [1.165, 1.54) is 122 Å². The molecule has 6 heteroatoms. The van der Waals surface area contributed by atoms with Gasteiger partial charge in [0.05, 0.1) is 25.4 Å². The van der Waals surface area contributed by atoms with Crippen molar-refractivity contribution in [1.82, 2.24) is 5.32 Å². The zero-order valence-electron chi connectivity index (χ0n) is 35.7. The van der Waals surface area contributed by atoms with E-state index in [0.717, 1.165) is 77.0 Å². The van der Waals surface area contributed by atoms with Gasteiger partial charge in [0.25, 0.3) is 0 Å². The first kappa shape index (κ1) is 52.1. The number of unbranched alkanes of at least 4 members (excludes halogenated alkanes) is 26. The van der Waals surface area contributed by atoms with Gasteiger partial charge in [-0.2, -0.15) is 0 Å². The Bertz CT molecular complexity index is 884. The third-order valence-electron chi connectivity index (χ3n) is 10.4. The molecule has 0 saturated carbocycles. The number of amides is 1. The van der Waals surface area contributed by atoms with Crippen LogP contribution in [-0.2, 0) is 14.3 Å². The van der Waals surface area contributed by atoms with Crippen LogP contribution in [0.25, 0.3) is 0 Å². The molecule has 0 radical (unpaired) electrons. The summed E-state index contributed by atoms with van der Waals surface area (Å²) >= 11 is 0. The molecule has 0 spiro atoms. The lowest BCUT2D eigenvalue weighted by Crippen LogP contribution is -2.45. The molecule has 0 fully saturated rings. The largest absolute Gasteiger partial charge is 0.466 e. The maximum Gasteiger partial charge on any atom is 0.305 e. The summed E-state index contributed by atoms with van der Waals surface area (Å²) < 4.78 is 5.41. The van der Waals surface area contributed by atoms with E-state index in [-0.39, 0.29) is 18.5 Å². The maximum atomic E-state index is 12.4. The van der Waals surface area contributed by atoms with Crippen LogP contribution in [0.2, 0.25) is 0 Å². The normalized spacial score (nSPS) is 13.0. The minimum absolute atomic E-state index is 0.0338. The number of aliphatic hydroxyl groups is 2. The van der Waals surface area contributed by atoms with Crippen molar-refractivity contribution in [3.63, 3.8) is 0 Å². The van der Waals surface area contributed by atoms with E-state index in [4.69, 9.17) is 4.74 Å². The van der Waals surface area contributed by atoms with Crippen LogP contribution in [-0.4, -0.2) is 47.4 Å². The predicted molar refractivity (Wildman–Crippen MR) is 232 cm³/mol. The van der Waals surface area contributed by atoms with Crippen LogP contribution < -0.4 is 5.32 Å². The minimum Gasteiger partial charge on any atom is -0.466 e. The Morgan fingerprint density at radius 3 is 1.48 bits per heavy atom. The topological polar surface area (TPSA) is 95.9 Å². The lowest BCUT2D eigenvalue weighted by atomic mass is 10.0. The van der Waals surface area contributed by atoms with Gasteiger partial charge in [0.15, 0.2) is 0 Å². The molecule has 0 aliphatic heterocycles. The molecule has 0 heterocycles. The Balaban J connectivity index is 3.55. The van der Waals surface area contributed by atoms with Gasteiger partial charge < -0.3 is 20.3 Å². The molecule has 2 atom stereocenters. The summed E-state index contributed by atoms with van der Waals surface area (Å²) in [7, 11) is 0. The number of hydrogen-bond acceptors (Lipinski definition) is 5. The molecule has 3 N–H and O–H groups in total. The number of allylic oxidation sites excluding steroid dienone is 6. The molecule has 1 amide bonds. The Hall–Kier alpha value is -1.92. The number of esters is 1. The van der Waals surface area contributed by atoms with Crippen molar-refractivity contribution >= 4 is 11.9 Å². The molecule has 0 aliphatic rings. The predicted octanol–water partition coefficient (Wildman–Crippen LogP) is 13.3. The van der Waals surface area contributed by atoms with Gasteiger partial charge in [-0.15, -0.1) is 0 Å². The highest BCUT2D eigenvalue weighted by Gasteiger charge is 2.20. The van der Waals surface area contributed by atoms with Crippen molar-refractivity contribution in [1.29, 1.82) is 0 Å². The maximum absolute atomic E-state index is 12.4. The van der Waals surface area contributed by atoms with Gasteiger partial charge in [0.2, 0.25) is 5.91 Å². The summed E-state index contributed by atoms with van der Waals surface area (Å²) in [5.74, 6) is -0.0944. The zero-order valence-corrected chi connectivity index (χ0v) is 35.7. The smallest absolute Gasteiger partial charge is 0.305 e. The molecule has 0 aromatic rings. The molecule has 6 nitrogen and oxygen atoms in total. The average Bonchev–Trinajstić information content (AvgIpc) is 3.17. The standard InChI is InChI=1S/C48H89NO5/c1-3-5-7-9-11-13-20-24-28-32-36-40-46(51)45(44-50)49-47(52)41-37-33-29-25-22-18-16-15-17-19-23-27-31-35-39-43-54-48(53)42-38-34-30-26-21-14-12-10-8-6-4-2/h10,12,15,17,19,23,45-46,50-51H,3-9,11,13-14,16,18,20-22,24-44H2,1-2H3,(H,49,52)/b12-10-,17-15-,23-19-. The Labute approximate surface area is 334 Å². The van der Waals surface area contributed by atoms with Crippen molar-refractivity contribution in [2.45, 2.75) is 244 Å².